The third-order valence-corrected chi connectivity index (χ3v) is 4.04. The summed E-state index contributed by atoms with van der Waals surface area (Å²) < 4.78 is 0. The van der Waals surface area contributed by atoms with Gasteiger partial charge in [-0.2, -0.15) is 0 Å². The average molecular weight is 198 g/mol. The molecule has 0 saturated heterocycles. The van der Waals surface area contributed by atoms with Crippen molar-refractivity contribution < 1.29 is 5.11 Å². The van der Waals surface area contributed by atoms with Gasteiger partial charge in [0.1, 0.15) is 0 Å². The predicted octanol–water partition coefficient (Wildman–Crippen LogP) is 3.75. The third-order valence-electron chi connectivity index (χ3n) is 4.04. The van der Waals surface area contributed by atoms with Gasteiger partial charge in [0.25, 0.3) is 0 Å². The van der Waals surface area contributed by atoms with Crippen LogP contribution in [0.1, 0.15) is 66.2 Å². The molecule has 0 amide bonds. The normalized spacial score (nSPS) is 32.1. The highest BCUT2D eigenvalue weighted by Crippen LogP contribution is 2.46. The molecule has 1 heteroatoms. The van der Waals surface area contributed by atoms with Crippen LogP contribution in [0, 0.1) is 11.3 Å². The predicted molar refractivity (Wildman–Crippen MR) is 61.3 cm³/mol. The molecular formula is C13H26O. The largest absolute Gasteiger partial charge is 0.389 e. The molecule has 0 radical (unpaired) electrons. The van der Waals surface area contributed by atoms with Crippen LogP contribution in [-0.4, -0.2) is 10.7 Å². The molecule has 0 aromatic heterocycles. The maximum Gasteiger partial charge on any atom is 0.0698 e. The first kappa shape index (κ1) is 12.0. The second kappa shape index (κ2) is 4.22. The summed E-state index contributed by atoms with van der Waals surface area (Å²) in [5.74, 6) is 0.705. The molecule has 14 heavy (non-hydrogen) atoms. The van der Waals surface area contributed by atoms with Gasteiger partial charge >= 0.3 is 0 Å². The molecule has 1 N–H and O–H groups in total. The summed E-state index contributed by atoms with van der Waals surface area (Å²) in [5.41, 5.74) is -0.268. The first-order valence-corrected chi connectivity index (χ1v) is 6.10. The highest BCUT2D eigenvalue weighted by molar-refractivity contribution is 4.96. The molecule has 1 aliphatic carbocycles. The van der Waals surface area contributed by atoms with Crippen LogP contribution in [0.3, 0.4) is 0 Å². The van der Waals surface area contributed by atoms with Crippen molar-refractivity contribution in [2.45, 2.75) is 71.8 Å². The summed E-state index contributed by atoms with van der Waals surface area (Å²) in [6.07, 6.45) is 6.82. The van der Waals surface area contributed by atoms with Crippen molar-refractivity contribution >= 4 is 0 Å². The van der Waals surface area contributed by atoms with E-state index >= 15 is 0 Å². The average Bonchev–Trinajstić information content (AvgIpc) is 2.07. The zero-order chi connectivity index (χ0) is 10.8. The van der Waals surface area contributed by atoms with Crippen LogP contribution >= 0.6 is 0 Å². The topological polar surface area (TPSA) is 20.2 Å². The van der Waals surface area contributed by atoms with Crippen molar-refractivity contribution in [3.8, 4) is 0 Å². The van der Waals surface area contributed by atoms with Gasteiger partial charge in [-0.25, -0.2) is 0 Å². The summed E-state index contributed by atoms with van der Waals surface area (Å²) in [4.78, 5) is 0. The van der Waals surface area contributed by atoms with Crippen LogP contribution in [0.5, 0.6) is 0 Å². The summed E-state index contributed by atoms with van der Waals surface area (Å²) in [7, 11) is 0. The molecule has 1 rings (SSSR count). The summed E-state index contributed by atoms with van der Waals surface area (Å²) >= 11 is 0. The fraction of sp³-hybridized carbons (Fsp3) is 1.00. The van der Waals surface area contributed by atoms with Crippen molar-refractivity contribution in [3.05, 3.63) is 0 Å². The molecule has 0 spiro atoms. The second-order valence-electron chi connectivity index (χ2n) is 6.06. The van der Waals surface area contributed by atoms with Gasteiger partial charge in [0.15, 0.2) is 0 Å². The van der Waals surface area contributed by atoms with Crippen LogP contribution in [0.2, 0.25) is 0 Å². The van der Waals surface area contributed by atoms with Gasteiger partial charge in [-0.1, -0.05) is 40.5 Å². The molecule has 0 aromatic carbocycles. The van der Waals surface area contributed by atoms with Gasteiger partial charge in [0.05, 0.1) is 5.60 Å². The highest BCUT2D eigenvalue weighted by atomic mass is 16.3. The Labute approximate surface area is 88.9 Å². The molecule has 1 unspecified atom stereocenters. The van der Waals surface area contributed by atoms with Crippen LogP contribution in [0.15, 0.2) is 0 Å². The Balaban J connectivity index is 2.59. The van der Waals surface area contributed by atoms with Crippen molar-refractivity contribution in [2.75, 3.05) is 0 Å². The Morgan fingerprint density at radius 2 is 1.71 bits per heavy atom. The summed E-state index contributed by atoms with van der Waals surface area (Å²) in [6.45, 7) is 8.93. The molecule has 0 heterocycles. The molecule has 0 bridgehead atoms. The lowest BCUT2D eigenvalue weighted by Crippen LogP contribution is -2.47. The summed E-state index contributed by atoms with van der Waals surface area (Å²) in [6, 6.07) is 0. The SMILES string of the molecule is CC(C)CCC1(O)CCCCC1(C)C. The Bertz CT molecular complexity index is 184. The highest BCUT2D eigenvalue weighted by Gasteiger charge is 2.44. The Morgan fingerprint density at radius 1 is 1.14 bits per heavy atom. The minimum atomic E-state index is -0.393. The standard InChI is InChI=1S/C13H26O/c1-11(2)7-10-13(14)9-6-5-8-12(13,3)4/h11,14H,5-10H2,1-4H3. The van der Waals surface area contributed by atoms with E-state index in [0.717, 1.165) is 19.3 Å². The molecule has 0 aliphatic heterocycles. The lowest BCUT2D eigenvalue weighted by Gasteiger charge is -2.47. The van der Waals surface area contributed by atoms with Crippen LogP contribution < -0.4 is 0 Å². The Kier molecular flexibility index (Phi) is 3.63. The van der Waals surface area contributed by atoms with Gasteiger partial charge in [0.2, 0.25) is 0 Å². The second-order valence-corrected chi connectivity index (χ2v) is 6.06. The Hall–Kier alpha value is -0.0400. The van der Waals surface area contributed by atoms with E-state index in [9.17, 15) is 5.11 Å². The number of hydrogen-bond acceptors (Lipinski definition) is 1. The van der Waals surface area contributed by atoms with E-state index in [1.807, 2.05) is 0 Å². The fourth-order valence-corrected chi connectivity index (χ4v) is 2.55. The maximum absolute atomic E-state index is 10.6. The number of aliphatic hydroxyl groups is 1. The molecule has 0 aromatic rings. The van der Waals surface area contributed by atoms with E-state index in [0.29, 0.717) is 5.92 Å². The van der Waals surface area contributed by atoms with Gasteiger partial charge in [0, 0.05) is 0 Å². The lowest BCUT2D eigenvalue weighted by atomic mass is 9.63. The van der Waals surface area contributed by atoms with E-state index in [-0.39, 0.29) is 5.41 Å². The van der Waals surface area contributed by atoms with Crippen LogP contribution in [-0.2, 0) is 0 Å². The lowest BCUT2D eigenvalue weighted by molar-refractivity contribution is -0.105. The summed E-state index contributed by atoms with van der Waals surface area (Å²) in [5, 5.41) is 10.6. The molecular weight excluding hydrogens is 172 g/mol. The minimum Gasteiger partial charge on any atom is -0.389 e. The molecule has 1 saturated carbocycles. The molecule has 84 valence electrons. The maximum atomic E-state index is 10.6. The van der Waals surface area contributed by atoms with Gasteiger partial charge < -0.3 is 5.11 Å². The van der Waals surface area contributed by atoms with E-state index in [1.54, 1.807) is 0 Å². The molecule has 1 nitrogen and oxygen atoms in total. The molecule has 1 aliphatic rings. The van der Waals surface area contributed by atoms with Crippen LogP contribution in [0.25, 0.3) is 0 Å². The Morgan fingerprint density at radius 3 is 2.21 bits per heavy atom. The van der Waals surface area contributed by atoms with E-state index in [2.05, 4.69) is 27.7 Å². The van der Waals surface area contributed by atoms with E-state index in [4.69, 9.17) is 0 Å². The van der Waals surface area contributed by atoms with Crippen molar-refractivity contribution in [1.82, 2.24) is 0 Å². The minimum absolute atomic E-state index is 0.125. The number of rotatable bonds is 3. The van der Waals surface area contributed by atoms with Crippen LogP contribution in [0.4, 0.5) is 0 Å². The number of hydrogen-bond donors (Lipinski definition) is 1. The van der Waals surface area contributed by atoms with E-state index < -0.39 is 5.60 Å². The first-order chi connectivity index (χ1) is 6.37. The zero-order valence-corrected chi connectivity index (χ0v) is 10.3. The van der Waals surface area contributed by atoms with Crippen molar-refractivity contribution in [2.24, 2.45) is 11.3 Å². The first-order valence-electron chi connectivity index (χ1n) is 6.10. The molecule has 1 fully saturated rings. The van der Waals surface area contributed by atoms with Gasteiger partial charge in [-0.15, -0.1) is 0 Å². The van der Waals surface area contributed by atoms with Crippen molar-refractivity contribution in [3.63, 3.8) is 0 Å². The van der Waals surface area contributed by atoms with E-state index in [1.165, 1.54) is 19.3 Å². The smallest absolute Gasteiger partial charge is 0.0698 e. The van der Waals surface area contributed by atoms with Gasteiger partial charge in [-0.3, -0.25) is 0 Å². The van der Waals surface area contributed by atoms with Crippen molar-refractivity contribution in [1.29, 1.82) is 0 Å². The molecule has 1 atom stereocenters. The monoisotopic (exact) mass is 198 g/mol. The third kappa shape index (κ3) is 2.50. The zero-order valence-electron chi connectivity index (χ0n) is 10.3. The van der Waals surface area contributed by atoms with Gasteiger partial charge in [-0.05, 0) is 37.0 Å². The fourth-order valence-electron chi connectivity index (χ4n) is 2.55. The quantitative estimate of drug-likeness (QED) is 0.732.